The number of halogens is 1. The molecule has 7 heteroatoms. The van der Waals surface area contributed by atoms with Gasteiger partial charge in [0.1, 0.15) is 10.6 Å². The van der Waals surface area contributed by atoms with Crippen LogP contribution in [0.4, 0.5) is 0 Å². The second-order valence-electron chi connectivity index (χ2n) is 4.87. The monoisotopic (exact) mass is 318 g/mol. The van der Waals surface area contributed by atoms with Crippen molar-refractivity contribution >= 4 is 21.6 Å². The lowest BCUT2D eigenvalue weighted by Crippen LogP contribution is -2.30. The van der Waals surface area contributed by atoms with Gasteiger partial charge in [0.05, 0.1) is 7.11 Å². The smallest absolute Gasteiger partial charge is 0.246 e. The number of methoxy groups -OCH3 is 1. The van der Waals surface area contributed by atoms with E-state index >= 15 is 0 Å². The van der Waals surface area contributed by atoms with E-state index in [0.717, 1.165) is 13.0 Å². The summed E-state index contributed by atoms with van der Waals surface area (Å²) in [4.78, 5) is 0.175. The van der Waals surface area contributed by atoms with E-state index in [1.165, 1.54) is 23.5 Å². The fourth-order valence-electron chi connectivity index (χ4n) is 2.46. The number of hydrogen-bond acceptors (Lipinski definition) is 4. The van der Waals surface area contributed by atoms with Gasteiger partial charge in [-0.2, -0.15) is 4.31 Å². The highest BCUT2D eigenvalue weighted by Gasteiger charge is 2.33. The lowest BCUT2D eigenvalue weighted by Gasteiger charge is -2.18. The molecule has 0 aromatic heterocycles. The van der Waals surface area contributed by atoms with Crippen LogP contribution in [0.1, 0.15) is 6.42 Å². The van der Waals surface area contributed by atoms with E-state index in [1.54, 1.807) is 6.07 Å². The number of nitrogens with one attached hydrogen (secondary N) is 1. The molecule has 1 unspecified atom stereocenters. The van der Waals surface area contributed by atoms with Gasteiger partial charge in [-0.3, -0.25) is 0 Å². The molecule has 2 rings (SSSR count). The molecule has 0 aliphatic carbocycles. The zero-order chi connectivity index (χ0) is 14.8. The van der Waals surface area contributed by atoms with E-state index in [4.69, 9.17) is 16.3 Å². The molecule has 5 nitrogen and oxygen atoms in total. The molecule has 0 spiro atoms. The second-order valence-corrected chi connectivity index (χ2v) is 7.21. The summed E-state index contributed by atoms with van der Waals surface area (Å²) in [6, 6.07) is 4.59. The summed E-state index contributed by atoms with van der Waals surface area (Å²) < 4.78 is 32.0. The molecule has 112 valence electrons. The Hall–Kier alpha value is -0.820. The quantitative estimate of drug-likeness (QED) is 0.895. The Kier molecular flexibility index (Phi) is 4.90. The van der Waals surface area contributed by atoms with Crippen molar-refractivity contribution in [2.45, 2.75) is 11.3 Å². The molecule has 0 saturated carbocycles. The number of benzene rings is 1. The summed E-state index contributed by atoms with van der Waals surface area (Å²) >= 11 is 5.87. The molecule has 1 saturated heterocycles. The van der Waals surface area contributed by atoms with Crippen LogP contribution < -0.4 is 10.1 Å². The van der Waals surface area contributed by atoms with E-state index in [0.29, 0.717) is 24.0 Å². The third-order valence-corrected chi connectivity index (χ3v) is 5.62. The number of sulfonamides is 1. The molecule has 1 aromatic carbocycles. The van der Waals surface area contributed by atoms with Crippen LogP contribution >= 0.6 is 11.6 Å². The summed E-state index contributed by atoms with van der Waals surface area (Å²) in [5.74, 6) is 0.641. The van der Waals surface area contributed by atoms with Gasteiger partial charge in [-0.05, 0) is 38.1 Å². The van der Waals surface area contributed by atoms with Crippen LogP contribution in [0.25, 0.3) is 0 Å². The normalized spacial score (nSPS) is 20.2. The van der Waals surface area contributed by atoms with Gasteiger partial charge < -0.3 is 10.1 Å². The van der Waals surface area contributed by atoms with Crippen LogP contribution in [0.2, 0.25) is 5.02 Å². The summed E-state index contributed by atoms with van der Waals surface area (Å²) in [6.45, 7) is 1.90. The van der Waals surface area contributed by atoms with Crippen molar-refractivity contribution in [1.82, 2.24) is 9.62 Å². The molecule has 1 N–H and O–H groups in total. The first-order chi connectivity index (χ1) is 9.48. The molecule has 1 aromatic rings. The SMILES string of the molecule is CNCC1CCN(S(=O)(=O)c2ccc(Cl)cc2OC)C1. The van der Waals surface area contributed by atoms with Crippen LogP contribution in [0, 0.1) is 5.92 Å². The van der Waals surface area contributed by atoms with E-state index in [2.05, 4.69) is 5.32 Å². The molecule has 0 radical (unpaired) electrons. The van der Waals surface area contributed by atoms with Crippen LogP contribution in [0.15, 0.2) is 23.1 Å². The second kappa shape index (κ2) is 6.30. The Balaban J connectivity index is 2.27. The summed E-state index contributed by atoms with van der Waals surface area (Å²) in [5.41, 5.74) is 0. The Labute approximate surface area is 124 Å². The van der Waals surface area contributed by atoms with Crippen molar-refractivity contribution in [2.75, 3.05) is 33.8 Å². The van der Waals surface area contributed by atoms with Crippen molar-refractivity contribution in [2.24, 2.45) is 5.92 Å². The van der Waals surface area contributed by atoms with E-state index < -0.39 is 10.0 Å². The summed E-state index contributed by atoms with van der Waals surface area (Å²) in [6.07, 6.45) is 0.871. The van der Waals surface area contributed by atoms with Crippen LogP contribution in [-0.4, -0.2) is 46.5 Å². The van der Waals surface area contributed by atoms with Gasteiger partial charge in [-0.1, -0.05) is 11.6 Å². The fraction of sp³-hybridized carbons (Fsp3) is 0.538. The van der Waals surface area contributed by atoms with Gasteiger partial charge in [-0.25, -0.2) is 8.42 Å². The van der Waals surface area contributed by atoms with Crippen LogP contribution in [0.5, 0.6) is 5.75 Å². The highest BCUT2D eigenvalue weighted by molar-refractivity contribution is 7.89. The van der Waals surface area contributed by atoms with Crippen LogP contribution in [-0.2, 0) is 10.0 Å². The minimum atomic E-state index is -3.53. The Morgan fingerprint density at radius 3 is 2.90 bits per heavy atom. The third-order valence-electron chi connectivity index (χ3n) is 3.48. The molecule has 1 aliphatic heterocycles. The van der Waals surface area contributed by atoms with Gasteiger partial charge in [-0.15, -0.1) is 0 Å². The lowest BCUT2D eigenvalue weighted by atomic mass is 10.1. The predicted molar refractivity (Wildman–Crippen MR) is 78.8 cm³/mol. The zero-order valence-corrected chi connectivity index (χ0v) is 13.2. The predicted octanol–water partition coefficient (Wildman–Crippen LogP) is 1.58. The van der Waals surface area contributed by atoms with Crippen LogP contribution in [0.3, 0.4) is 0 Å². The summed E-state index contributed by atoms with van der Waals surface area (Å²) in [5, 5.41) is 3.54. The Bertz CT molecular complexity index is 577. The molecular weight excluding hydrogens is 300 g/mol. The number of nitrogens with zero attached hydrogens (tertiary/aromatic N) is 1. The minimum absolute atomic E-state index is 0.175. The third kappa shape index (κ3) is 3.09. The fourth-order valence-corrected chi connectivity index (χ4v) is 4.29. The molecule has 1 heterocycles. The first-order valence-corrected chi connectivity index (χ1v) is 8.29. The number of hydrogen-bond donors (Lipinski definition) is 1. The first-order valence-electron chi connectivity index (χ1n) is 6.47. The number of ether oxygens (including phenoxy) is 1. The standard InChI is InChI=1S/C13H19ClN2O3S/c1-15-8-10-5-6-16(9-10)20(17,18)13-4-3-11(14)7-12(13)19-2/h3-4,7,10,15H,5-6,8-9H2,1-2H3. The zero-order valence-electron chi connectivity index (χ0n) is 11.6. The molecule has 0 bridgehead atoms. The van der Waals surface area contributed by atoms with E-state index in [1.807, 2.05) is 7.05 Å². The highest BCUT2D eigenvalue weighted by Crippen LogP contribution is 2.32. The molecular formula is C13H19ClN2O3S. The van der Waals surface area contributed by atoms with Crippen molar-refractivity contribution < 1.29 is 13.2 Å². The van der Waals surface area contributed by atoms with Gasteiger partial charge in [0.15, 0.2) is 0 Å². The Morgan fingerprint density at radius 1 is 1.50 bits per heavy atom. The molecule has 20 heavy (non-hydrogen) atoms. The maximum Gasteiger partial charge on any atom is 0.246 e. The first kappa shape index (κ1) is 15.6. The maximum absolute atomic E-state index is 12.7. The van der Waals surface area contributed by atoms with Gasteiger partial charge in [0, 0.05) is 24.2 Å². The Morgan fingerprint density at radius 2 is 2.25 bits per heavy atom. The average molecular weight is 319 g/mol. The molecule has 1 atom stereocenters. The minimum Gasteiger partial charge on any atom is -0.495 e. The van der Waals surface area contributed by atoms with Gasteiger partial charge in [0.25, 0.3) is 0 Å². The molecule has 1 fully saturated rings. The topological polar surface area (TPSA) is 58.6 Å². The van der Waals surface area contributed by atoms with Gasteiger partial charge >= 0.3 is 0 Å². The lowest BCUT2D eigenvalue weighted by molar-refractivity contribution is 0.397. The van der Waals surface area contributed by atoms with Gasteiger partial charge in [0.2, 0.25) is 10.0 Å². The molecule has 1 aliphatic rings. The number of rotatable bonds is 5. The van der Waals surface area contributed by atoms with Crippen molar-refractivity contribution in [1.29, 1.82) is 0 Å². The maximum atomic E-state index is 12.7. The largest absolute Gasteiger partial charge is 0.495 e. The van der Waals surface area contributed by atoms with Crippen molar-refractivity contribution in [3.05, 3.63) is 23.2 Å². The van der Waals surface area contributed by atoms with E-state index in [-0.39, 0.29) is 10.6 Å². The van der Waals surface area contributed by atoms with Crippen molar-refractivity contribution in [3.8, 4) is 5.75 Å². The summed E-state index contributed by atoms with van der Waals surface area (Å²) in [7, 11) is -0.210. The molecule has 0 amide bonds. The van der Waals surface area contributed by atoms with Crippen molar-refractivity contribution in [3.63, 3.8) is 0 Å². The highest BCUT2D eigenvalue weighted by atomic mass is 35.5. The van der Waals surface area contributed by atoms with E-state index in [9.17, 15) is 8.42 Å². The average Bonchev–Trinajstić information content (AvgIpc) is 2.88.